The van der Waals surface area contributed by atoms with Gasteiger partial charge in [0.05, 0.1) is 12.9 Å². The van der Waals surface area contributed by atoms with Crippen molar-refractivity contribution >= 4 is 5.69 Å². The molecule has 3 rings (SSSR count). The fourth-order valence-electron chi connectivity index (χ4n) is 2.32. The van der Waals surface area contributed by atoms with Gasteiger partial charge < -0.3 is 14.5 Å². The summed E-state index contributed by atoms with van der Waals surface area (Å²) in [6, 6.07) is 8.27. The van der Waals surface area contributed by atoms with Gasteiger partial charge >= 0.3 is 0 Å². The molecule has 0 aliphatic heterocycles. The van der Waals surface area contributed by atoms with Gasteiger partial charge in [-0.3, -0.25) is 0 Å². The Morgan fingerprint density at radius 3 is 2.95 bits per heavy atom. The lowest BCUT2D eigenvalue weighted by atomic mass is 10.2. The van der Waals surface area contributed by atoms with E-state index in [-0.39, 0.29) is 0 Å². The number of nitrogens with one attached hydrogen (secondary N) is 1. The Hall–Kier alpha value is -2.56. The number of imidazole rings is 2. The quantitative estimate of drug-likeness (QED) is 0.755. The molecular formula is C16H19N5. The van der Waals surface area contributed by atoms with Crippen molar-refractivity contribution in [2.45, 2.75) is 26.4 Å². The van der Waals surface area contributed by atoms with Gasteiger partial charge in [-0.2, -0.15) is 0 Å². The monoisotopic (exact) mass is 281 g/mol. The molecule has 3 aromatic rings. The largest absolute Gasteiger partial charge is 0.378 e. The van der Waals surface area contributed by atoms with Crippen molar-refractivity contribution in [3.8, 4) is 5.69 Å². The molecule has 5 nitrogen and oxygen atoms in total. The maximum absolute atomic E-state index is 4.41. The summed E-state index contributed by atoms with van der Waals surface area (Å²) in [6.45, 7) is 3.90. The van der Waals surface area contributed by atoms with Gasteiger partial charge in [0, 0.05) is 42.7 Å². The van der Waals surface area contributed by atoms with Gasteiger partial charge in [-0.1, -0.05) is 13.0 Å². The molecule has 0 atom stereocenters. The van der Waals surface area contributed by atoms with E-state index in [1.807, 2.05) is 29.2 Å². The van der Waals surface area contributed by atoms with Gasteiger partial charge in [0.25, 0.3) is 0 Å². The van der Waals surface area contributed by atoms with Crippen molar-refractivity contribution in [2.24, 2.45) is 0 Å². The summed E-state index contributed by atoms with van der Waals surface area (Å²) < 4.78 is 4.18. The van der Waals surface area contributed by atoms with Crippen molar-refractivity contribution < 1.29 is 0 Å². The van der Waals surface area contributed by atoms with E-state index >= 15 is 0 Å². The number of rotatable bonds is 6. The first-order chi connectivity index (χ1) is 10.4. The smallest absolute Gasteiger partial charge is 0.128 e. The highest BCUT2D eigenvalue weighted by atomic mass is 15.1. The molecule has 0 unspecified atom stereocenters. The summed E-state index contributed by atoms with van der Waals surface area (Å²) in [6.07, 6.45) is 10.5. The van der Waals surface area contributed by atoms with Crippen molar-refractivity contribution in [1.82, 2.24) is 19.1 Å². The van der Waals surface area contributed by atoms with Gasteiger partial charge in [-0.25, -0.2) is 9.97 Å². The van der Waals surface area contributed by atoms with Crippen LogP contribution in [0.3, 0.4) is 0 Å². The minimum Gasteiger partial charge on any atom is -0.378 e. The maximum Gasteiger partial charge on any atom is 0.128 e. The zero-order chi connectivity index (χ0) is 14.5. The number of nitrogens with zero attached hydrogens (tertiary/aromatic N) is 4. The van der Waals surface area contributed by atoms with Crippen LogP contribution in [0.25, 0.3) is 5.69 Å². The van der Waals surface area contributed by atoms with Crippen LogP contribution in [0.5, 0.6) is 0 Å². The third kappa shape index (κ3) is 3.13. The Balaban J connectivity index is 1.71. The van der Waals surface area contributed by atoms with E-state index in [9.17, 15) is 0 Å². The van der Waals surface area contributed by atoms with Gasteiger partial charge in [-0.15, -0.1) is 0 Å². The number of aryl methyl sites for hydroxylation is 1. The minimum absolute atomic E-state index is 0.723. The van der Waals surface area contributed by atoms with E-state index in [2.05, 4.69) is 45.0 Å². The summed E-state index contributed by atoms with van der Waals surface area (Å²) in [5.74, 6) is 1.06. The predicted molar refractivity (Wildman–Crippen MR) is 83.4 cm³/mol. The molecule has 0 saturated carbocycles. The highest BCUT2D eigenvalue weighted by molar-refractivity contribution is 5.51. The normalized spacial score (nSPS) is 10.7. The van der Waals surface area contributed by atoms with E-state index in [0.717, 1.165) is 36.7 Å². The molecule has 0 fully saturated rings. The summed E-state index contributed by atoms with van der Waals surface area (Å²) in [7, 11) is 0. The number of hydrogen-bond donors (Lipinski definition) is 1. The molecule has 21 heavy (non-hydrogen) atoms. The standard InChI is InChI=1S/C16H19N5/c1-2-8-20-10-7-18-16(20)12-19-14-4-3-5-15(11-14)21-9-6-17-13-21/h3-7,9-11,13,19H,2,8,12H2,1H3. The average molecular weight is 281 g/mol. The van der Waals surface area contributed by atoms with Crippen LogP contribution in [0.15, 0.2) is 55.4 Å². The number of anilines is 1. The molecule has 1 aromatic carbocycles. The minimum atomic E-state index is 0.723. The van der Waals surface area contributed by atoms with Crippen molar-refractivity contribution in [1.29, 1.82) is 0 Å². The first-order valence-corrected chi connectivity index (χ1v) is 7.19. The molecule has 0 radical (unpaired) electrons. The van der Waals surface area contributed by atoms with Crippen molar-refractivity contribution in [3.05, 3.63) is 61.2 Å². The Morgan fingerprint density at radius 2 is 2.14 bits per heavy atom. The lowest BCUT2D eigenvalue weighted by molar-refractivity contribution is 0.644. The highest BCUT2D eigenvalue weighted by Crippen LogP contribution is 2.15. The van der Waals surface area contributed by atoms with Crippen LogP contribution < -0.4 is 5.32 Å². The molecular weight excluding hydrogens is 262 g/mol. The second-order valence-electron chi connectivity index (χ2n) is 4.91. The number of aromatic nitrogens is 4. The molecule has 108 valence electrons. The van der Waals surface area contributed by atoms with Crippen molar-refractivity contribution in [2.75, 3.05) is 5.32 Å². The van der Waals surface area contributed by atoms with Crippen LogP contribution in [0.2, 0.25) is 0 Å². The third-order valence-corrected chi connectivity index (χ3v) is 3.37. The molecule has 5 heteroatoms. The molecule has 0 bridgehead atoms. The van der Waals surface area contributed by atoms with Gasteiger partial charge in [0.2, 0.25) is 0 Å². The molecule has 2 heterocycles. The Morgan fingerprint density at radius 1 is 1.19 bits per heavy atom. The van der Waals surface area contributed by atoms with Crippen LogP contribution in [0.1, 0.15) is 19.2 Å². The maximum atomic E-state index is 4.41. The lowest BCUT2D eigenvalue weighted by Crippen LogP contribution is -2.08. The van der Waals surface area contributed by atoms with E-state index in [0.29, 0.717) is 0 Å². The molecule has 2 aromatic heterocycles. The zero-order valence-electron chi connectivity index (χ0n) is 12.1. The first-order valence-electron chi connectivity index (χ1n) is 7.19. The topological polar surface area (TPSA) is 47.7 Å². The van der Waals surface area contributed by atoms with Crippen LogP contribution in [0.4, 0.5) is 5.69 Å². The van der Waals surface area contributed by atoms with E-state index in [1.165, 1.54) is 0 Å². The second-order valence-corrected chi connectivity index (χ2v) is 4.91. The summed E-state index contributed by atoms with van der Waals surface area (Å²) in [4.78, 5) is 8.48. The molecule has 0 spiro atoms. The fraction of sp³-hybridized carbons (Fsp3) is 0.250. The van der Waals surface area contributed by atoms with Crippen LogP contribution in [0, 0.1) is 0 Å². The van der Waals surface area contributed by atoms with Gasteiger partial charge in [0.15, 0.2) is 0 Å². The first kappa shape index (κ1) is 13.4. The number of hydrogen-bond acceptors (Lipinski definition) is 3. The van der Waals surface area contributed by atoms with Gasteiger partial charge in [0.1, 0.15) is 5.82 Å². The molecule has 0 aliphatic carbocycles. The third-order valence-electron chi connectivity index (χ3n) is 3.37. The Bertz CT molecular complexity index is 684. The Kier molecular flexibility index (Phi) is 4.00. The van der Waals surface area contributed by atoms with E-state index in [4.69, 9.17) is 0 Å². The van der Waals surface area contributed by atoms with E-state index in [1.54, 1.807) is 12.5 Å². The number of benzene rings is 1. The molecule has 0 aliphatic rings. The average Bonchev–Trinajstić information content (AvgIpc) is 3.18. The molecule has 0 amide bonds. The SMILES string of the molecule is CCCn1ccnc1CNc1cccc(-n2ccnc2)c1. The van der Waals surface area contributed by atoms with Crippen LogP contribution >= 0.6 is 0 Å². The molecule has 0 saturated heterocycles. The highest BCUT2D eigenvalue weighted by Gasteiger charge is 2.02. The van der Waals surface area contributed by atoms with Crippen molar-refractivity contribution in [3.63, 3.8) is 0 Å². The lowest BCUT2D eigenvalue weighted by Gasteiger charge is -2.10. The van der Waals surface area contributed by atoms with Crippen LogP contribution in [-0.4, -0.2) is 19.1 Å². The zero-order valence-corrected chi connectivity index (χ0v) is 12.1. The van der Waals surface area contributed by atoms with Crippen LogP contribution in [-0.2, 0) is 13.1 Å². The fourth-order valence-corrected chi connectivity index (χ4v) is 2.32. The summed E-state index contributed by atoms with van der Waals surface area (Å²) >= 11 is 0. The second kappa shape index (κ2) is 6.26. The Labute approximate surface area is 124 Å². The molecule has 1 N–H and O–H groups in total. The van der Waals surface area contributed by atoms with E-state index < -0.39 is 0 Å². The predicted octanol–water partition coefficient (Wildman–Crippen LogP) is 3.09. The summed E-state index contributed by atoms with van der Waals surface area (Å²) in [5.41, 5.74) is 2.17. The van der Waals surface area contributed by atoms with Gasteiger partial charge in [-0.05, 0) is 24.6 Å². The summed E-state index contributed by atoms with van der Waals surface area (Å²) in [5, 5.41) is 3.43.